The van der Waals surface area contributed by atoms with Crippen LogP contribution >= 0.6 is 11.8 Å². The molecule has 0 bridgehead atoms. The zero-order chi connectivity index (χ0) is 22.3. The molecular formula is C21H33N5O3S. The number of Topliss-reactive ketones (excluding diaryl/α,β-unsaturated/α-hetero) is 1. The minimum atomic E-state index is -0.535. The number of nitrogens with one attached hydrogen (secondary N) is 1. The van der Waals surface area contributed by atoms with Gasteiger partial charge in [-0.25, -0.2) is 14.8 Å². The normalized spacial score (nSPS) is 17.6. The van der Waals surface area contributed by atoms with Crippen LogP contribution in [0.5, 0.6) is 0 Å². The van der Waals surface area contributed by atoms with Gasteiger partial charge in [0.25, 0.3) is 0 Å². The molecule has 0 aromatic carbocycles. The van der Waals surface area contributed by atoms with E-state index in [1.807, 2.05) is 34.0 Å². The number of hydrogen-bond acceptors (Lipinski definition) is 8. The van der Waals surface area contributed by atoms with Crippen molar-refractivity contribution in [2.45, 2.75) is 58.6 Å². The Bertz CT molecular complexity index is 791. The standard InChI is InChI=1S/C21H33N5O3S/c1-14(11-22)17-18(16(27)8-10-30-5)23-13-24-19(17)25-15-7-6-9-26(12-15)20(28)29-21(2,3)4/h11,13,15H,6-10,12,22H2,1-5H3,(H,23,24,25)/b14-11-. The Morgan fingerprint density at radius 2 is 2.13 bits per heavy atom. The summed E-state index contributed by atoms with van der Waals surface area (Å²) in [6, 6.07) is -0.0142. The molecule has 30 heavy (non-hydrogen) atoms. The Kier molecular flexibility index (Phi) is 8.52. The summed E-state index contributed by atoms with van der Waals surface area (Å²) < 4.78 is 5.50. The van der Waals surface area contributed by atoms with Crippen LogP contribution in [0.4, 0.5) is 10.6 Å². The van der Waals surface area contributed by atoms with Crippen molar-refractivity contribution in [3.8, 4) is 0 Å². The van der Waals surface area contributed by atoms with Gasteiger partial charge in [0.15, 0.2) is 5.78 Å². The van der Waals surface area contributed by atoms with Gasteiger partial charge in [-0.15, -0.1) is 0 Å². The third-order valence-corrected chi connectivity index (χ3v) is 5.32. The van der Waals surface area contributed by atoms with Gasteiger partial charge >= 0.3 is 6.09 Å². The summed E-state index contributed by atoms with van der Waals surface area (Å²) in [6.07, 6.45) is 6.64. The maximum atomic E-state index is 12.7. The fourth-order valence-electron chi connectivity index (χ4n) is 3.26. The Morgan fingerprint density at radius 1 is 1.40 bits per heavy atom. The van der Waals surface area contributed by atoms with Crippen LogP contribution in [0, 0.1) is 0 Å². The Hall–Kier alpha value is -2.29. The average molecular weight is 436 g/mol. The monoisotopic (exact) mass is 435 g/mol. The Balaban J connectivity index is 2.22. The molecule has 2 rings (SSSR count). The van der Waals surface area contributed by atoms with Gasteiger partial charge < -0.3 is 20.7 Å². The lowest BCUT2D eigenvalue weighted by Gasteiger charge is -2.35. The van der Waals surface area contributed by atoms with Crippen molar-refractivity contribution in [1.29, 1.82) is 0 Å². The zero-order valence-corrected chi connectivity index (χ0v) is 19.3. The molecule has 1 aliphatic heterocycles. The van der Waals surface area contributed by atoms with Gasteiger partial charge in [0.2, 0.25) is 0 Å². The summed E-state index contributed by atoms with van der Waals surface area (Å²) in [6.45, 7) is 8.56. The molecule has 3 N–H and O–H groups in total. The minimum Gasteiger partial charge on any atom is -0.444 e. The van der Waals surface area contributed by atoms with E-state index in [4.69, 9.17) is 10.5 Å². The van der Waals surface area contributed by atoms with E-state index in [2.05, 4.69) is 15.3 Å². The number of carbonyl (C=O) groups excluding carboxylic acids is 2. The number of ketones is 1. The second-order valence-corrected chi connectivity index (χ2v) is 9.36. The van der Waals surface area contributed by atoms with E-state index in [1.165, 1.54) is 12.5 Å². The Labute approximate surface area is 183 Å². The number of nitrogens with zero attached hydrogens (tertiary/aromatic N) is 3. The fourth-order valence-corrected chi connectivity index (χ4v) is 3.65. The lowest BCUT2D eigenvalue weighted by Crippen LogP contribution is -2.47. The number of ether oxygens (including phenoxy) is 1. The van der Waals surface area contributed by atoms with Gasteiger partial charge in [-0.2, -0.15) is 11.8 Å². The second-order valence-electron chi connectivity index (χ2n) is 8.37. The fraction of sp³-hybridized carbons (Fsp3) is 0.619. The van der Waals surface area contributed by atoms with E-state index in [0.29, 0.717) is 36.6 Å². The van der Waals surface area contributed by atoms with Crippen molar-refractivity contribution in [2.24, 2.45) is 5.73 Å². The number of carbonyl (C=O) groups is 2. The molecule has 1 amide bonds. The maximum Gasteiger partial charge on any atom is 0.410 e. The van der Waals surface area contributed by atoms with Crippen LogP contribution in [-0.4, -0.2) is 63.5 Å². The zero-order valence-electron chi connectivity index (χ0n) is 18.5. The molecule has 0 aliphatic carbocycles. The highest BCUT2D eigenvalue weighted by Gasteiger charge is 2.29. The molecule has 1 aromatic heterocycles. The van der Waals surface area contributed by atoms with E-state index in [9.17, 15) is 9.59 Å². The van der Waals surface area contributed by atoms with Crippen LogP contribution in [0.15, 0.2) is 12.5 Å². The number of anilines is 1. The molecule has 166 valence electrons. The van der Waals surface area contributed by atoms with Gasteiger partial charge in [0.05, 0.1) is 5.56 Å². The first-order valence-electron chi connectivity index (χ1n) is 10.2. The molecule has 1 atom stereocenters. The average Bonchev–Trinajstić information content (AvgIpc) is 2.70. The SMILES string of the molecule is CSCCC(=O)c1ncnc(NC2CCCN(C(=O)OC(C)(C)C)C2)c1/C(C)=C\N. The van der Waals surface area contributed by atoms with Crippen molar-refractivity contribution in [3.63, 3.8) is 0 Å². The van der Waals surface area contributed by atoms with Crippen molar-refractivity contribution in [2.75, 3.05) is 30.4 Å². The molecule has 1 fully saturated rings. The van der Waals surface area contributed by atoms with E-state index in [1.54, 1.807) is 16.7 Å². The third-order valence-electron chi connectivity index (χ3n) is 4.70. The van der Waals surface area contributed by atoms with Gasteiger partial charge in [-0.05, 0) is 58.6 Å². The summed E-state index contributed by atoms with van der Waals surface area (Å²) in [7, 11) is 0. The summed E-state index contributed by atoms with van der Waals surface area (Å²) in [5.74, 6) is 1.25. The van der Waals surface area contributed by atoms with E-state index in [0.717, 1.165) is 24.2 Å². The highest BCUT2D eigenvalue weighted by molar-refractivity contribution is 7.98. The molecule has 0 saturated carbocycles. The van der Waals surface area contributed by atoms with Gasteiger partial charge in [-0.1, -0.05) is 0 Å². The number of amides is 1. The van der Waals surface area contributed by atoms with Crippen LogP contribution in [-0.2, 0) is 4.74 Å². The maximum absolute atomic E-state index is 12.7. The highest BCUT2D eigenvalue weighted by atomic mass is 32.2. The lowest BCUT2D eigenvalue weighted by molar-refractivity contribution is 0.0206. The summed E-state index contributed by atoms with van der Waals surface area (Å²) in [5.41, 5.74) is 6.96. The Morgan fingerprint density at radius 3 is 2.77 bits per heavy atom. The quantitative estimate of drug-likeness (QED) is 0.626. The molecule has 1 aliphatic rings. The van der Waals surface area contributed by atoms with E-state index < -0.39 is 5.60 Å². The molecule has 0 radical (unpaired) electrons. The molecular weight excluding hydrogens is 402 g/mol. The number of piperidine rings is 1. The lowest BCUT2D eigenvalue weighted by atomic mass is 10.0. The van der Waals surface area contributed by atoms with Gasteiger partial charge in [0.1, 0.15) is 23.4 Å². The number of nitrogens with two attached hydrogens (primary N) is 1. The van der Waals surface area contributed by atoms with Crippen molar-refractivity contribution >= 4 is 35.0 Å². The first kappa shape index (κ1) is 24.0. The molecule has 9 heteroatoms. The topological polar surface area (TPSA) is 110 Å². The minimum absolute atomic E-state index is 0.0142. The first-order chi connectivity index (χ1) is 14.2. The molecule has 1 aromatic rings. The summed E-state index contributed by atoms with van der Waals surface area (Å²) in [4.78, 5) is 35.5. The predicted molar refractivity (Wildman–Crippen MR) is 122 cm³/mol. The van der Waals surface area contributed by atoms with E-state index >= 15 is 0 Å². The van der Waals surface area contributed by atoms with Gasteiger partial charge in [-0.3, -0.25) is 4.79 Å². The smallest absolute Gasteiger partial charge is 0.410 e. The molecule has 0 spiro atoms. The van der Waals surface area contributed by atoms with E-state index in [-0.39, 0.29) is 17.9 Å². The molecule has 1 saturated heterocycles. The number of hydrogen-bond donors (Lipinski definition) is 2. The van der Waals surface area contributed by atoms with Crippen LogP contribution < -0.4 is 11.1 Å². The number of aromatic nitrogens is 2. The second kappa shape index (κ2) is 10.7. The highest BCUT2D eigenvalue weighted by Crippen LogP contribution is 2.27. The van der Waals surface area contributed by atoms with Crippen LogP contribution in [0.1, 0.15) is 63.0 Å². The van der Waals surface area contributed by atoms with Crippen molar-refractivity contribution in [1.82, 2.24) is 14.9 Å². The van der Waals surface area contributed by atoms with Gasteiger partial charge in [0, 0.05) is 31.3 Å². The van der Waals surface area contributed by atoms with Crippen molar-refractivity contribution in [3.05, 3.63) is 23.8 Å². The summed E-state index contributed by atoms with van der Waals surface area (Å²) >= 11 is 1.62. The number of rotatable bonds is 7. The molecule has 8 nitrogen and oxygen atoms in total. The predicted octanol–water partition coefficient (Wildman–Crippen LogP) is 3.54. The first-order valence-corrected chi connectivity index (χ1v) is 11.6. The molecule has 2 heterocycles. The van der Waals surface area contributed by atoms with Crippen LogP contribution in [0.2, 0.25) is 0 Å². The largest absolute Gasteiger partial charge is 0.444 e. The van der Waals surface area contributed by atoms with Crippen molar-refractivity contribution < 1.29 is 14.3 Å². The number of thioether (sulfide) groups is 1. The third kappa shape index (κ3) is 6.62. The number of allylic oxidation sites excluding steroid dienone is 1. The number of likely N-dealkylation sites (tertiary alicyclic amines) is 1. The van der Waals surface area contributed by atoms with Crippen LogP contribution in [0.25, 0.3) is 5.57 Å². The summed E-state index contributed by atoms with van der Waals surface area (Å²) in [5, 5.41) is 3.41. The van der Waals surface area contributed by atoms with Crippen LogP contribution in [0.3, 0.4) is 0 Å². The molecule has 1 unspecified atom stereocenters.